The van der Waals surface area contributed by atoms with Crippen molar-refractivity contribution in [2.24, 2.45) is 0 Å². The molecule has 2 atom stereocenters. The summed E-state index contributed by atoms with van der Waals surface area (Å²) in [6, 6.07) is 8.33. The quantitative estimate of drug-likeness (QED) is 0.227. The lowest BCUT2D eigenvalue weighted by atomic mass is 9.78. The molecule has 2 rings (SSSR count). The fourth-order valence-corrected chi connectivity index (χ4v) is 6.42. The third-order valence-corrected chi connectivity index (χ3v) is 7.93. The van der Waals surface area contributed by atoms with Crippen LogP contribution >= 0.6 is 86.9 Å². The lowest BCUT2D eigenvalue weighted by Gasteiger charge is -2.29. The third kappa shape index (κ3) is 7.26. The van der Waals surface area contributed by atoms with Gasteiger partial charge in [-0.2, -0.15) is 0 Å². The highest BCUT2D eigenvalue weighted by Gasteiger charge is 2.28. The molecule has 0 saturated carbocycles. The van der Waals surface area contributed by atoms with Crippen LogP contribution < -0.4 is 9.47 Å². The Morgan fingerprint density at radius 3 is 1.26 bits per heavy atom. The van der Waals surface area contributed by atoms with E-state index in [4.69, 9.17) is 32.7 Å². The first-order valence-electron chi connectivity index (χ1n) is 10.1. The van der Waals surface area contributed by atoms with Crippen molar-refractivity contribution in [2.45, 2.75) is 69.9 Å². The highest BCUT2D eigenvalue weighted by atomic mass is 79.9. The van der Waals surface area contributed by atoms with E-state index >= 15 is 0 Å². The first kappa shape index (κ1) is 27.8. The van der Waals surface area contributed by atoms with Crippen molar-refractivity contribution >= 4 is 86.9 Å². The van der Waals surface area contributed by atoms with Crippen molar-refractivity contribution in [3.8, 4) is 11.5 Å². The van der Waals surface area contributed by atoms with E-state index in [0.717, 1.165) is 54.7 Å². The summed E-state index contributed by atoms with van der Waals surface area (Å²) in [5.74, 6) is 1.42. The summed E-state index contributed by atoms with van der Waals surface area (Å²) < 4.78 is 15.3. The SMILES string of the molecule is CCCC(Cl)Oc1c(Br)cc(C(C)(C)c2cc(Br)c(OC(Cl)CCC)c(Br)c2)cc1Br. The summed E-state index contributed by atoms with van der Waals surface area (Å²) >= 11 is 27.2. The second-order valence-corrected chi connectivity index (χ2v) is 12.2. The van der Waals surface area contributed by atoms with E-state index in [0.29, 0.717) is 11.5 Å². The highest BCUT2D eigenvalue weighted by Crippen LogP contribution is 2.44. The van der Waals surface area contributed by atoms with Gasteiger partial charge in [-0.1, -0.05) is 63.7 Å². The zero-order valence-corrected chi connectivity index (χ0v) is 25.7. The average Bonchev–Trinajstić information content (AvgIpc) is 2.67. The molecule has 8 heteroatoms. The second-order valence-electron chi connectivity index (χ2n) is 7.80. The van der Waals surface area contributed by atoms with Gasteiger partial charge in [-0.3, -0.25) is 0 Å². The fraction of sp³-hybridized carbons (Fsp3) is 0.478. The van der Waals surface area contributed by atoms with Gasteiger partial charge in [-0.25, -0.2) is 0 Å². The van der Waals surface area contributed by atoms with Crippen LogP contribution in [0.4, 0.5) is 0 Å². The number of hydrogen-bond acceptors (Lipinski definition) is 2. The van der Waals surface area contributed by atoms with E-state index in [1.165, 1.54) is 0 Å². The van der Waals surface area contributed by atoms with Crippen LogP contribution in [0.3, 0.4) is 0 Å². The Morgan fingerprint density at radius 1 is 0.710 bits per heavy atom. The summed E-state index contributed by atoms with van der Waals surface area (Å²) in [6.45, 7) is 8.52. The molecule has 31 heavy (non-hydrogen) atoms. The van der Waals surface area contributed by atoms with Gasteiger partial charge in [0.15, 0.2) is 11.1 Å². The van der Waals surface area contributed by atoms with E-state index < -0.39 is 0 Å². The maximum absolute atomic E-state index is 6.29. The third-order valence-electron chi connectivity index (χ3n) is 4.96. The zero-order valence-electron chi connectivity index (χ0n) is 17.9. The predicted molar refractivity (Wildman–Crippen MR) is 146 cm³/mol. The van der Waals surface area contributed by atoms with Crippen molar-refractivity contribution in [2.75, 3.05) is 0 Å². The number of hydrogen-bond donors (Lipinski definition) is 0. The first-order valence-corrected chi connectivity index (χ1v) is 14.2. The number of halogens is 6. The van der Waals surface area contributed by atoms with Crippen molar-refractivity contribution < 1.29 is 9.47 Å². The molecule has 0 radical (unpaired) electrons. The minimum absolute atomic E-state index is 0.291. The molecule has 0 N–H and O–H groups in total. The van der Waals surface area contributed by atoms with Crippen LogP contribution in [-0.2, 0) is 5.41 Å². The van der Waals surface area contributed by atoms with E-state index in [2.05, 4.69) is 116 Å². The molecule has 2 aromatic carbocycles. The van der Waals surface area contributed by atoms with Crippen LogP contribution in [0.15, 0.2) is 42.2 Å². The molecule has 0 spiro atoms. The molecule has 0 amide bonds. The molecule has 2 aromatic rings. The van der Waals surface area contributed by atoms with Crippen LogP contribution in [0.25, 0.3) is 0 Å². The van der Waals surface area contributed by atoms with Gasteiger partial charge in [0.2, 0.25) is 0 Å². The Hall–Kier alpha value is 0.540. The molecule has 2 unspecified atom stereocenters. The van der Waals surface area contributed by atoms with Crippen LogP contribution in [0, 0.1) is 0 Å². The summed E-state index contributed by atoms with van der Waals surface area (Å²) in [5.41, 5.74) is 1.22. The van der Waals surface area contributed by atoms with Gasteiger partial charge >= 0.3 is 0 Å². The molecule has 0 fully saturated rings. The molecular formula is C23H26Br4Cl2O2. The van der Waals surface area contributed by atoms with Gasteiger partial charge in [0.1, 0.15) is 11.5 Å². The van der Waals surface area contributed by atoms with Crippen LogP contribution in [0.5, 0.6) is 11.5 Å². The first-order chi connectivity index (χ1) is 14.5. The van der Waals surface area contributed by atoms with Gasteiger partial charge < -0.3 is 9.47 Å². The maximum Gasteiger partial charge on any atom is 0.172 e. The van der Waals surface area contributed by atoms with Gasteiger partial charge in [0, 0.05) is 5.41 Å². The van der Waals surface area contributed by atoms with Crippen molar-refractivity contribution in [3.05, 3.63) is 53.3 Å². The monoisotopic (exact) mass is 720 g/mol. The van der Waals surface area contributed by atoms with E-state index in [1.54, 1.807) is 0 Å². The largest absolute Gasteiger partial charge is 0.472 e. The molecule has 0 aliphatic carbocycles. The Kier molecular flexibility index (Phi) is 11.0. The lowest BCUT2D eigenvalue weighted by Crippen LogP contribution is -2.20. The molecule has 0 bridgehead atoms. The van der Waals surface area contributed by atoms with Crippen LogP contribution in [-0.4, -0.2) is 11.1 Å². The standard InChI is InChI=1S/C23H26Br4Cl2O2/c1-5-7-19(28)30-21-15(24)9-13(10-16(21)25)23(3,4)14-11-17(26)22(18(27)12-14)31-20(29)8-6-2/h9-12,19-20H,5-8H2,1-4H3. The summed E-state index contributed by atoms with van der Waals surface area (Å²) in [7, 11) is 0. The Morgan fingerprint density at radius 2 is 1.00 bits per heavy atom. The number of benzene rings is 2. The Balaban J connectivity index is 2.38. The zero-order chi connectivity index (χ0) is 23.3. The normalized spacial score (nSPS) is 13.7. The smallest absolute Gasteiger partial charge is 0.172 e. The molecule has 0 saturated heterocycles. The summed E-state index contributed by atoms with van der Waals surface area (Å²) in [4.78, 5) is 0. The number of alkyl halides is 2. The topological polar surface area (TPSA) is 18.5 Å². The Bertz CT molecular complexity index is 788. The molecule has 0 aromatic heterocycles. The van der Waals surface area contributed by atoms with Gasteiger partial charge in [0.05, 0.1) is 17.9 Å². The molecular weight excluding hydrogens is 699 g/mol. The maximum atomic E-state index is 6.29. The highest BCUT2D eigenvalue weighted by molar-refractivity contribution is 9.11. The molecule has 2 nitrogen and oxygen atoms in total. The van der Waals surface area contributed by atoms with E-state index in [1.807, 2.05) is 0 Å². The molecule has 0 aliphatic rings. The summed E-state index contributed by atoms with van der Waals surface area (Å²) in [5, 5.41) is 0. The summed E-state index contributed by atoms with van der Waals surface area (Å²) in [6.07, 6.45) is 3.49. The molecule has 172 valence electrons. The minimum atomic E-state index is -0.366. The van der Waals surface area contributed by atoms with Crippen molar-refractivity contribution in [1.82, 2.24) is 0 Å². The van der Waals surface area contributed by atoms with Gasteiger partial charge in [0.25, 0.3) is 0 Å². The predicted octanol–water partition coefficient (Wildman–Crippen LogP) is 10.6. The second kappa shape index (κ2) is 12.3. The van der Waals surface area contributed by atoms with E-state index in [9.17, 15) is 0 Å². The van der Waals surface area contributed by atoms with Crippen molar-refractivity contribution in [1.29, 1.82) is 0 Å². The van der Waals surface area contributed by atoms with Crippen LogP contribution in [0.2, 0.25) is 0 Å². The Labute approximate surface area is 229 Å². The van der Waals surface area contributed by atoms with Crippen LogP contribution in [0.1, 0.15) is 64.5 Å². The number of rotatable bonds is 10. The molecule has 0 heterocycles. The average molecular weight is 725 g/mol. The van der Waals surface area contributed by atoms with Gasteiger partial charge in [-0.15, -0.1) is 0 Å². The minimum Gasteiger partial charge on any atom is -0.472 e. The lowest BCUT2D eigenvalue weighted by molar-refractivity contribution is 0.265. The van der Waals surface area contributed by atoms with Crippen molar-refractivity contribution in [3.63, 3.8) is 0 Å². The fourth-order valence-electron chi connectivity index (χ4n) is 3.06. The molecule has 0 aliphatic heterocycles. The van der Waals surface area contributed by atoms with Gasteiger partial charge in [-0.05, 0) is 112 Å². The number of ether oxygens (including phenoxy) is 2. The van der Waals surface area contributed by atoms with E-state index in [-0.39, 0.29) is 16.5 Å².